The van der Waals surface area contributed by atoms with Gasteiger partial charge in [-0.25, -0.2) is 0 Å². The van der Waals surface area contributed by atoms with Crippen molar-refractivity contribution in [2.24, 2.45) is 0 Å². The van der Waals surface area contributed by atoms with Crippen LogP contribution in [0.25, 0.3) is 0 Å². The molecule has 7 nitrogen and oxygen atoms in total. The highest BCUT2D eigenvalue weighted by Crippen LogP contribution is 2.40. The minimum absolute atomic E-state index is 0.0754. The molecular formula is C34H44N2O5. The summed E-state index contributed by atoms with van der Waals surface area (Å²) in [7, 11) is 7.43. The molecule has 41 heavy (non-hydrogen) atoms. The van der Waals surface area contributed by atoms with Gasteiger partial charge < -0.3 is 29.1 Å². The lowest BCUT2D eigenvalue weighted by atomic mass is 9.96. The van der Waals surface area contributed by atoms with Gasteiger partial charge in [0.15, 0.2) is 0 Å². The van der Waals surface area contributed by atoms with Crippen LogP contribution in [0, 0.1) is 0 Å². The number of aliphatic hydroxyl groups excluding tert-OH is 1. The van der Waals surface area contributed by atoms with Crippen molar-refractivity contribution in [1.82, 2.24) is 9.80 Å². The summed E-state index contributed by atoms with van der Waals surface area (Å²) in [6, 6.07) is 25.5. The van der Waals surface area contributed by atoms with Gasteiger partial charge in [0.2, 0.25) is 5.91 Å². The van der Waals surface area contributed by atoms with E-state index in [2.05, 4.69) is 19.0 Å². The fourth-order valence-electron chi connectivity index (χ4n) is 5.53. The van der Waals surface area contributed by atoms with Crippen molar-refractivity contribution in [1.29, 1.82) is 0 Å². The molecule has 0 spiro atoms. The zero-order chi connectivity index (χ0) is 29.2. The number of aliphatic hydroxyl groups is 1. The van der Waals surface area contributed by atoms with Gasteiger partial charge >= 0.3 is 0 Å². The first-order valence-corrected chi connectivity index (χ1v) is 14.5. The zero-order valence-electron chi connectivity index (χ0n) is 24.7. The van der Waals surface area contributed by atoms with E-state index in [1.807, 2.05) is 83.8 Å². The van der Waals surface area contributed by atoms with Gasteiger partial charge in [0, 0.05) is 13.0 Å². The number of hydrogen-bond acceptors (Lipinski definition) is 6. The second-order valence-electron chi connectivity index (χ2n) is 11.0. The van der Waals surface area contributed by atoms with Crippen LogP contribution in [0.1, 0.15) is 61.0 Å². The molecule has 1 saturated heterocycles. The molecule has 220 valence electrons. The molecule has 0 radical (unpaired) electrons. The SMILES string of the molecule is COc1ccc(C(OC(c2ccccc2)C2CC(O)CN2C(=O)CCCCCN(C)C)c2ccc(OC)cc2)cc1. The lowest BCUT2D eigenvalue weighted by Gasteiger charge is -2.35. The third kappa shape index (κ3) is 8.32. The van der Waals surface area contributed by atoms with Crippen LogP contribution in [0.4, 0.5) is 0 Å². The number of methoxy groups -OCH3 is 2. The predicted molar refractivity (Wildman–Crippen MR) is 161 cm³/mol. The van der Waals surface area contributed by atoms with Crippen molar-refractivity contribution in [3.8, 4) is 11.5 Å². The Hall–Kier alpha value is -3.39. The molecule has 1 amide bonds. The summed E-state index contributed by atoms with van der Waals surface area (Å²) in [5.41, 5.74) is 2.91. The maximum Gasteiger partial charge on any atom is 0.223 e. The third-order valence-corrected chi connectivity index (χ3v) is 7.74. The first kappa shape index (κ1) is 30.6. The number of ether oxygens (including phenoxy) is 3. The van der Waals surface area contributed by atoms with Crippen LogP contribution < -0.4 is 9.47 Å². The lowest BCUT2D eigenvalue weighted by Crippen LogP contribution is -2.40. The Balaban J connectivity index is 1.63. The second-order valence-corrected chi connectivity index (χ2v) is 11.0. The molecular weight excluding hydrogens is 516 g/mol. The number of likely N-dealkylation sites (tertiary alicyclic amines) is 1. The monoisotopic (exact) mass is 560 g/mol. The van der Waals surface area contributed by atoms with E-state index < -0.39 is 18.3 Å². The van der Waals surface area contributed by atoms with Gasteiger partial charge in [-0.2, -0.15) is 0 Å². The lowest BCUT2D eigenvalue weighted by molar-refractivity contribution is -0.136. The summed E-state index contributed by atoms with van der Waals surface area (Å²) in [5.74, 6) is 1.61. The fourth-order valence-corrected chi connectivity index (χ4v) is 5.53. The van der Waals surface area contributed by atoms with Gasteiger partial charge in [0.1, 0.15) is 23.7 Å². The van der Waals surface area contributed by atoms with Crippen LogP contribution in [-0.4, -0.2) is 74.4 Å². The molecule has 1 aliphatic heterocycles. The minimum atomic E-state index is -0.590. The summed E-state index contributed by atoms with van der Waals surface area (Å²) in [5, 5.41) is 10.8. The number of carbonyl (C=O) groups excluding carboxylic acids is 1. The van der Waals surface area contributed by atoms with Crippen LogP contribution in [0.5, 0.6) is 11.5 Å². The molecule has 3 atom stereocenters. The van der Waals surface area contributed by atoms with Crippen LogP contribution in [0.2, 0.25) is 0 Å². The molecule has 4 rings (SSSR count). The minimum Gasteiger partial charge on any atom is -0.497 e. The van der Waals surface area contributed by atoms with E-state index in [9.17, 15) is 9.90 Å². The van der Waals surface area contributed by atoms with E-state index in [-0.39, 0.29) is 11.9 Å². The second kappa shape index (κ2) is 15.0. The third-order valence-electron chi connectivity index (χ3n) is 7.74. The predicted octanol–water partition coefficient (Wildman–Crippen LogP) is 5.63. The van der Waals surface area contributed by atoms with Crippen molar-refractivity contribution < 1.29 is 24.1 Å². The summed E-state index contributed by atoms with van der Waals surface area (Å²) in [6.45, 7) is 1.34. The average Bonchev–Trinajstić information content (AvgIpc) is 3.39. The highest BCUT2D eigenvalue weighted by atomic mass is 16.5. The van der Waals surface area contributed by atoms with Crippen LogP contribution in [0.3, 0.4) is 0 Å². The zero-order valence-corrected chi connectivity index (χ0v) is 24.7. The van der Waals surface area contributed by atoms with E-state index in [0.717, 1.165) is 54.0 Å². The molecule has 7 heteroatoms. The average molecular weight is 561 g/mol. The molecule has 3 unspecified atom stereocenters. The molecule has 3 aromatic rings. The van der Waals surface area contributed by atoms with E-state index in [1.54, 1.807) is 14.2 Å². The number of hydrogen-bond donors (Lipinski definition) is 1. The Morgan fingerprint density at radius 1 is 0.854 bits per heavy atom. The quantitative estimate of drug-likeness (QED) is 0.258. The van der Waals surface area contributed by atoms with E-state index in [4.69, 9.17) is 14.2 Å². The van der Waals surface area contributed by atoms with Crippen LogP contribution >= 0.6 is 0 Å². The number of unbranched alkanes of at least 4 members (excludes halogenated alkanes) is 2. The maximum atomic E-state index is 13.5. The normalized spacial score (nSPS) is 17.7. The summed E-state index contributed by atoms with van der Waals surface area (Å²) >= 11 is 0. The standard InChI is InChI=1S/C34H44N2O5/c1-35(2)22-10-6-9-13-32(38)36-24-28(37)23-31(36)34(25-11-7-5-8-12-25)41-33(26-14-18-29(39-3)19-15-26)27-16-20-30(40-4)21-17-27/h5,7-8,11-12,14-21,28,31,33-34,37H,6,9-10,13,22-24H2,1-4H3. The van der Waals surface area contributed by atoms with Gasteiger partial charge in [0.05, 0.1) is 26.4 Å². The highest BCUT2D eigenvalue weighted by Gasteiger charge is 2.41. The van der Waals surface area contributed by atoms with Crippen LogP contribution in [0.15, 0.2) is 78.9 Å². The Labute approximate surface area is 244 Å². The maximum absolute atomic E-state index is 13.5. The molecule has 0 aliphatic carbocycles. The number of amides is 1. The highest BCUT2D eigenvalue weighted by molar-refractivity contribution is 5.77. The first-order chi connectivity index (χ1) is 19.9. The topological polar surface area (TPSA) is 71.5 Å². The summed E-state index contributed by atoms with van der Waals surface area (Å²) in [6.07, 6.45) is 2.38. The molecule has 0 bridgehead atoms. The van der Waals surface area contributed by atoms with Crippen molar-refractivity contribution in [3.05, 3.63) is 95.6 Å². The number of benzene rings is 3. The molecule has 3 aromatic carbocycles. The van der Waals surface area contributed by atoms with Gasteiger partial charge in [0.25, 0.3) is 0 Å². The Morgan fingerprint density at radius 3 is 1.98 bits per heavy atom. The number of rotatable bonds is 14. The molecule has 1 aliphatic rings. The number of carbonyl (C=O) groups is 1. The Bertz CT molecular complexity index is 1150. The van der Waals surface area contributed by atoms with E-state index in [0.29, 0.717) is 19.4 Å². The molecule has 0 aromatic heterocycles. The number of nitrogens with zero attached hydrogens (tertiary/aromatic N) is 2. The van der Waals surface area contributed by atoms with Crippen molar-refractivity contribution in [2.75, 3.05) is 41.4 Å². The van der Waals surface area contributed by atoms with Gasteiger partial charge in [-0.1, -0.05) is 61.0 Å². The van der Waals surface area contributed by atoms with Gasteiger partial charge in [-0.3, -0.25) is 4.79 Å². The van der Waals surface area contributed by atoms with Crippen LogP contribution in [-0.2, 0) is 9.53 Å². The van der Waals surface area contributed by atoms with Gasteiger partial charge in [-0.15, -0.1) is 0 Å². The summed E-state index contributed by atoms with van der Waals surface area (Å²) < 4.78 is 17.8. The van der Waals surface area contributed by atoms with Crippen molar-refractivity contribution >= 4 is 5.91 Å². The van der Waals surface area contributed by atoms with Gasteiger partial charge in [-0.05, 0) is 80.9 Å². The molecule has 1 heterocycles. The Kier molecular flexibility index (Phi) is 11.2. The molecule has 0 saturated carbocycles. The Morgan fingerprint density at radius 2 is 1.44 bits per heavy atom. The summed E-state index contributed by atoms with van der Waals surface area (Å²) in [4.78, 5) is 17.5. The van der Waals surface area contributed by atoms with E-state index in [1.165, 1.54) is 0 Å². The fraction of sp³-hybridized carbons (Fsp3) is 0.441. The van der Waals surface area contributed by atoms with Crippen molar-refractivity contribution in [2.45, 2.75) is 56.5 Å². The number of β-amino-alcohol motifs (C(OH)–C–C–N with tert-alkyl or cyclic N) is 1. The molecule has 1 fully saturated rings. The molecule has 1 N–H and O–H groups in total. The van der Waals surface area contributed by atoms with E-state index >= 15 is 0 Å². The largest absolute Gasteiger partial charge is 0.497 e. The smallest absolute Gasteiger partial charge is 0.223 e. The first-order valence-electron chi connectivity index (χ1n) is 14.5. The van der Waals surface area contributed by atoms with Crippen molar-refractivity contribution in [3.63, 3.8) is 0 Å².